The molecule has 0 heterocycles. The van der Waals surface area contributed by atoms with Gasteiger partial charge in [-0.1, -0.05) is 24.1 Å². The number of nitrogens with zero attached hydrogens (tertiary/aromatic N) is 2. The summed E-state index contributed by atoms with van der Waals surface area (Å²) in [6.45, 7) is 10.0. The van der Waals surface area contributed by atoms with Gasteiger partial charge in [-0.15, -0.1) is 5.92 Å². The highest BCUT2D eigenvalue weighted by Crippen LogP contribution is 2.22. The van der Waals surface area contributed by atoms with E-state index in [4.69, 9.17) is 5.73 Å². The van der Waals surface area contributed by atoms with Crippen LogP contribution in [0.15, 0.2) is 64.7 Å². The molecule has 0 aliphatic heterocycles. The van der Waals surface area contributed by atoms with Gasteiger partial charge in [-0.05, 0) is 76.1 Å². The van der Waals surface area contributed by atoms with Gasteiger partial charge in [0.25, 0.3) is 0 Å². The van der Waals surface area contributed by atoms with Gasteiger partial charge >= 0.3 is 0 Å². The fourth-order valence-corrected chi connectivity index (χ4v) is 2.95. The average molecular weight is 387 g/mol. The first kappa shape index (κ1) is 22.0. The van der Waals surface area contributed by atoms with E-state index in [1.807, 2.05) is 69.5 Å². The summed E-state index contributed by atoms with van der Waals surface area (Å²) in [7, 11) is 0. The van der Waals surface area contributed by atoms with Crippen LogP contribution in [0.4, 0.5) is 11.4 Å². The Labute approximate surface area is 174 Å². The molecule has 0 saturated heterocycles. The zero-order valence-electron chi connectivity index (χ0n) is 17.9. The van der Waals surface area contributed by atoms with Crippen molar-refractivity contribution in [2.45, 2.75) is 46.6 Å². The molecule has 2 rings (SSSR count). The summed E-state index contributed by atoms with van der Waals surface area (Å²) < 4.78 is 0. The second kappa shape index (κ2) is 10.9. The summed E-state index contributed by atoms with van der Waals surface area (Å²) >= 11 is 0. The molecule has 2 aromatic carbocycles. The maximum absolute atomic E-state index is 6.33. The third-order valence-electron chi connectivity index (χ3n) is 4.21. The molecule has 0 aliphatic carbocycles. The molecule has 0 aromatic heterocycles. The summed E-state index contributed by atoms with van der Waals surface area (Å²) in [4.78, 5) is 8.94. The molecule has 0 spiro atoms. The van der Waals surface area contributed by atoms with E-state index in [1.165, 1.54) is 0 Å². The maximum atomic E-state index is 6.33. The standard InChI is InChI=1S/C25H30N4/c1-6-9-21(17-27-14-7-2)20-10-8-11-22(16-20)29-25(26)24-13-12-23(15-19(24)5)28-18(3)4/h7-8,10-18,21,28H,1-5H3,(H2,26,29)/b14-7-,27-17?. The van der Waals surface area contributed by atoms with Crippen LogP contribution in [0.1, 0.15) is 50.3 Å². The monoisotopic (exact) mass is 386 g/mol. The van der Waals surface area contributed by atoms with Crippen molar-refractivity contribution in [2.75, 3.05) is 5.32 Å². The van der Waals surface area contributed by atoms with Gasteiger partial charge in [0.2, 0.25) is 0 Å². The number of benzene rings is 2. The lowest BCUT2D eigenvalue weighted by Crippen LogP contribution is -2.15. The van der Waals surface area contributed by atoms with Crippen LogP contribution in [0.5, 0.6) is 0 Å². The Hall–Kier alpha value is -3.32. The lowest BCUT2D eigenvalue weighted by atomic mass is 10.0. The molecule has 4 nitrogen and oxygen atoms in total. The predicted molar refractivity (Wildman–Crippen MR) is 126 cm³/mol. The van der Waals surface area contributed by atoms with Gasteiger partial charge in [0, 0.05) is 29.7 Å². The van der Waals surface area contributed by atoms with Gasteiger partial charge in [-0.25, -0.2) is 4.99 Å². The summed E-state index contributed by atoms with van der Waals surface area (Å²) in [5, 5.41) is 3.40. The maximum Gasteiger partial charge on any atom is 0.131 e. The first-order valence-electron chi connectivity index (χ1n) is 9.83. The van der Waals surface area contributed by atoms with E-state index < -0.39 is 0 Å². The molecular formula is C25H30N4. The lowest BCUT2D eigenvalue weighted by Gasteiger charge is -2.13. The van der Waals surface area contributed by atoms with Crippen LogP contribution in [-0.2, 0) is 0 Å². The minimum absolute atomic E-state index is 0.0873. The summed E-state index contributed by atoms with van der Waals surface area (Å²) in [5.74, 6) is 6.56. The van der Waals surface area contributed by atoms with Crippen molar-refractivity contribution < 1.29 is 0 Å². The fraction of sp³-hybridized carbons (Fsp3) is 0.280. The Kier molecular flexibility index (Phi) is 8.24. The number of nitrogens with one attached hydrogen (secondary N) is 1. The molecular weight excluding hydrogens is 356 g/mol. The van der Waals surface area contributed by atoms with Crippen LogP contribution in [0.3, 0.4) is 0 Å². The topological polar surface area (TPSA) is 62.8 Å². The molecule has 2 aromatic rings. The van der Waals surface area contributed by atoms with E-state index in [-0.39, 0.29) is 5.92 Å². The molecule has 3 N–H and O–H groups in total. The molecule has 0 fully saturated rings. The molecule has 0 radical (unpaired) electrons. The molecule has 1 atom stereocenters. The Morgan fingerprint density at radius 2 is 1.97 bits per heavy atom. The van der Waals surface area contributed by atoms with Crippen molar-refractivity contribution in [3.63, 3.8) is 0 Å². The minimum Gasteiger partial charge on any atom is -0.383 e. The van der Waals surface area contributed by atoms with Gasteiger partial charge in [-0.2, -0.15) is 0 Å². The van der Waals surface area contributed by atoms with Crippen LogP contribution in [0, 0.1) is 18.8 Å². The fourth-order valence-electron chi connectivity index (χ4n) is 2.95. The van der Waals surface area contributed by atoms with E-state index in [2.05, 4.69) is 47.1 Å². The number of allylic oxidation sites excluding steroid dienone is 1. The van der Waals surface area contributed by atoms with Crippen molar-refractivity contribution in [3.8, 4) is 11.8 Å². The zero-order chi connectivity index (χ0) is 21.2. The molecule has 29 heavy (non-hydrogen) atoms. The van der Waals surface area contributed by atoms with Gasteiger partial charge < -0.3 is 11.1 Å². The number of hydrogen-bond acceptors (Lipinski definition) is 3. The van der Waals surface area contributed by atoms with Crippen molar-refractivity contribution >= 4 is 23.4 Å². The van der Waals surface area contributed by atoms with Gasteiger partial charge in [0.05, 0.1) is 11.6 Å². The first-order chi connectivity index (χ1) is 13.9. The summed E-state index contributed by atoms with van der Waals surface area (Å²) in [5.41, 5.74) is 11.3. The Morgan fingerprint density at radius 1 is 1.17 bits per heavy atom. The average Bonchev–Trinajstić information content (AvgIpc) is 2.67. The lowest BCUT2D eigenvalue weighted by molar-refractivity contribution is 0.899. The van der Waals surface area contributed by atoms with E-state index in [0.29, 0.717) is 11.9 Å². The van der Waals surface area contributed by atoms with Crippen molar-refractivity contribution in [3.05, 3.63) is 71.4 Å². The van der Waals surface area contributed by atoms with Crippen molar-refractivity contribution in [1.29, 1.82) is 0 Å². The van der Waals surface area contributed by atoms with Crippen LogP contribution in [0.2, 0.25) is 0 Å². The normalized spacial score (nSPS) is 13.0. The van der Waals surface area contributed by atoms with Gasteiger partial charge in [0.15, 0.2) is 0 Å². The molecule has 0 amide bonds. The number of aliphatic imine (C=N–C) groups is 2. The number of hydrogen-bond donors (Lipinski definition) is 2. The van der Waals surface area contributed by atoms with Crippen molar-refractivity contribution in [1.82, 2.24) is 0 Å². The Morgan fingerprint density at radius 3 is 2.62 bits per heavy atom. The minimum atomic E-state index is -0.0873. The SMILES string of the molecule is CC#CC(C=N/C=C\C)c1cccc(N=C(N)c2ccc(NC(C)C)cc2C)c1. The van der Waals surface area contributed by atoms with Crippen LogP contribution < -0.4 is 11.1 Å². The van der Waals surface area contributed by atoms with Crippen LogP contribution in [0.25, 0.3) is 0 Å². The molecule has 4 heteroatoms. The van der Waals surface area contributed by atoms with Crippen molar-refractivity contribution in [2.24, 2.45) is 15.7 Å². The highest BCUT2D eigenvalue weighted by Gasteiger charge is 2.08. The van der Waals surface area contributed by atoms with Crippen LogP contribution >= 0.6 is 0 Å². The molecule has 1 unspecified atom stereocenters. The third kappa shape index (κ3) is 6.65. The Bertz CT molecular complexity index is 972. The second-order valence-electron chi connectivity index (χ2n) is 7.07. The molecule has 150 valence electrons. The number of rotatable bonds is 7. The summed E-state index contributed by atoms with van der Waals surface area (Å²) in [6.07, 6.45) is 5.48. The highest BCUT2D eigenvalue weighted by atomic mass is 14.9. The van der Waals surface area contributed by atoms with E-state index in [9.17, 15) is 0 Å². The zero-order valence-corrected chi connectivity index (χ0v) is 17.9. The summed E-state index contributed by atoms with van der Waals surface area (Å²) in [6, 6.07) is 14.5. The van der Waals surface area contributed by atoms with E-state index >= 15 is 0 Å². The number of amidine groups is 1. The first-order valence-corrected chi connectivity index (χ1v) is 9.83. The smallest absolute Gasteiger partial charge is 0.131 e. The molecule has 0 aliphatic rings. The Balaban J connectivity index is 2.32. The number of anilines is 1. The van der Waals surface area contributed by atoms with E-state index in [1.54, 1.807) is 6.20 Å². The molecule has 0 saturated carbocycles. The van der Waals surface area contributed by atoms with Gasteiger partial charge in [0.1, 0.15) is 5.84 Å². The van der Waals surface area contributed by atoms with Gasteiger partial charge in [-0.3, -0.25) is 4.99 Å². The quantitative estimate of drug-likeness (QED) is 0.371. The largest absolute Gasteiger partial charge is 0.383 e. The predicted octanol–water partition coefficient (Wildman–Crippen LogP) is 5.56. The van der Waals surface area contributed by atoms with Crippen LogP contribution in [-0.4, -0.2) is 18.1 Å². The van der Waals surface area contributed by atoms with E-state index in [0.717, 1.165) is 28.1 Å². The second-order valence-corrected chi connectivity index (χ2v) is 7.07. The highest BCUT2D eigenvalue weighted by molar-refractivity contribution is 6.00. The third-order valence-corrected chi connectivity index (χ3v) is 4.21. The number of nitrogens with two attached hydrogens (primary N) is 1. The molecule has 0 bridgehead atoms. The number of aryl methyl sites for hydroxylation is 1.